The molecule has 2 aromatic carbocycles. The molecule has 0 saturated carbocycles. The van der Waals surface area contributed by atoms with Crippen molar-refractivity contribution in [2.75, 3.05) is 6.54 Å². The predicted molar refractivity (Wildman–Crippen MR) is 93.7 cm³/mol. The third-order valence-electron chi connectivity index (χ3n) is 2.73. The van der Waals surface area contributed by atoms with Crippen LogP contribution in [0.4, 0.5) is 0 Å². The van der Waals surface area contributed by atoms with E-state index < -0.39 is 0 Å². The molecule has 2 aromatic rings. The zero-order valence-electron chi connectivity index (χ0n) is 11.6. The fraction of sp³-hybridized carbons (Fsp3) is 0.0625. The molecule has 2 amide bonds. The van der Waals surface area contributed by atoms with Crippen LogP contribution in [0.25, 0.3) is 0 Å². The first kappa shape index (κ1) is 16.2. The molecule has 0 radical (unpaired) electrons. The quantitative estimate of drug-likeness (QED) is 0.453. The van der Waals surface area contributed by atoms with Crippen molar-refractivity contribution in [2.24, 2.45) is 5.10 Å². The summed E-state index contributed by atoms with van der Waals surface area (Å²) in [6.07, 6.45) is 1.54. The molecule has 112 valence electrons. The van der Waals surface area contributed by atoms with E-state index >= 15 is 0 Å². The molecular weight excluding hydrogens is 393 g/mol. The van der Waals surface area contributed by atoms with Crippen LogP contribution in [0.1, 0.15) is 15.9 Å². The van der Waals surface area contributed by atoms with E-state index in [0.29, 0.717) is 5.56 Å². The Hall–Kier alpha value is -2.22. The standard InChI is InChI=1S/C16H14IN3O2/c17-14-9-5-4-8-13(14)16(22)18-11-15(21)20-19-10-12-6-2-1-3-7-12/h1-10H,11H2,(H,18,22)(H,20,21)/b19-10+. The first-order chi connectivity index (χ1) is 10.7. The second-order valence-electron chi connectivity index (χ2n) is 4.37. The van der Waals surface area contributed by atoms with Gasteiger partial charge in [-0.05, 0) is 40.3 Å². The zero-order valence-corrected chi connectivity index (χ0v) is 13.8. The van der Waals surface area contributed by atoms with Crippen LogP contribution in [0.3, 0.4) is 0 Å². The summed E-state index contributed by atoms with van der Waals surface area (Å²) in [5, 5.41) is 6.39. The van der Waals surface area contributed by atoms with Crippen LogP contribution < -0.4 is 10.7 Å². The van der Waals surface area contributed by atoms with Crippen LogP contribution in [0.5, 0.6) is 0 Å². The van der Waals surface area contributed by atoms with E-state index in [2.05, 4.69) is 38.4 Å². The van der Waals surface area contributed by atoms with Crippen molar-refractivity contribution < 1.29 is 9.59 Å². The number of hydrogen-bond acceptors (Lipinski definition) is 3. The third kappa shape index (κ3) is 4.96. The Morgan fingerprint density at radius 2 is 1.73 bits per heavy atom. The molecule has 0 unspecified atom stereocenters. The van der Waals surface area contributed by atoms with E-state index in [1.807, 2.05) is 42.5 Å². The van der Waals surface area contributed by atoms with Gasteiger partial charge in [0.2, 0.25) is 0 Å². The molecule has 2 N–H and O–H groups in total. The van der Waals surface area contributed by atoms with Gasteiger partial charge in [0.05, 0.1) is 18.3 Å². The average Bonchev–Trinajstić information content (AvgIpc) is 2.54. The molecule has 0 fully saturated rings. The average molecular weight is 407 g/mol. The molecule has 0 aromatic heterocycles. The van der Waals surface area contributed by atoms with Gasteiger partial charge in [-0.25, -0.2) is 5.43 Å². The van der Waals surface area contributed by atoms with Gasteiger partial charge >= 0.3 is 0 Å². The maximum absolute atomic E-state index is 11.9. The summed E-state index contributed by atoms with van der Waals surface area (Å²) < 4.78 is 0.833. The monoisotopic (exact) mass is 407 g/mol. The highest BCUT2D eigenvalue weighted by molar-refractivity contribution is 14.1. The number of carbonyl (C=O) groups is 2. The molecule has 6 heteroatoms. The van der Waals surface area contributed by atoms with Crippen molar-refractivity contribution in [3.05, 3.63) is 69.3 Å². The van der Waals surface area contributed by atoms with E-state index in [0.717, 1.165) is 9.13 Å². The molecule has 5 nitrogen and oxygen atoms in total. The highest BCUT2D eigenvalue weighted by atomic mass is 127. The summed E-state index contributed by atoms with van der Waals surface area (Å²) in [6.45, 7) is -0.129. The maximum Gasteiger partial charge on any atom is 0.259 e. The zero-order chi connectivity index (χ0) is 15.8. The Balaban J connectivity index is 1.80. The Bertz CT molecular complexity index is 687. The summed E-state index contributed by atoms with van der Waals surface area (Å²) in [4.78, 5) is 23.5. The molecule has 0 spiro atoms. The molecule has 2 rings (SSSR count). The van der Waals surface area contributed by atoms with E-state index in [1.54, 1.807) is 18.3 Å². The number of hydrazone groups is 1. The van der Waals surface area contributed by atoms with Crippen molar-refractivity contribution in [1.82, 2.24) is 10.7 Å². The lowest BCUT2D eigenvalue weighted by Crippen LogP contribution is -2.35. The summed E-state index contributed by atoms with van der Waals surface area (Å²) >= 11 is 2.08. The lowest BCUT2D eigenvalue weighted by atomic mass is 10.2. The minimum absolute atomic E-state index is 0.129. The van der Waals surface area contributed by atoms with Crippen molar-refractivity contribution >= 4 is 40.6 Å². The first-order valence-electron chi connectivity index (χ1n) is 6.56. The van der Waals surface area contributed by atoms with Crippen LogP contribution in [0, 0.1) is 3.57 Å². The Kier molecular flexibility index (Phi) is 6.08. The number of nitrogens with zero attached hydrogens (tertiary/aromatic N) is 1. The lowest BCUT2D eigenvalue weighted by molar-refractivity contribution is -0.120. The summed E-state index contributed by atoms with van der Waals surface area (Å²) in [5.74, 6) is -0.668. The van der Waals surface area contributed by atoms with E-state index in [-0.39, 0.29) is 18.4 Å². The second-order valence-corrected chi connectivity index (χ2v) is 5.53. The largest absolute Gasteiger partial charge is 0.343 e. The van der Waals surface area contributed by atoms with Crippen molar-refractivity contribution in [1.29, 1.82) is 0 Å². The van der Waals surface area contributed by atoms with Gasteiger partial charge in [0, 0.05) is 3.57 Å². The molecule has 0 atom stereocenters. The minimum Gasteiger partial charge on any atom is -0.343 e. The van der Waals surface area contributed by atoms with Gasteiger partial charge in [0.15, 0.2) is 0 Å². The van der Waals surface area contributed by atoms with E-state index in [1.165, 1.54) is 0 Å². The molecule has 22 heavy (non-hydrogen) atoms. The van der Waals surface area contributed by atoms with Gasteiger partial charge in [-0.1, -0.05) is 42.5 Å². The second kappa shape index (κ2) is 8.28. The molecular formula is C16H14IN3O2. The van der Waals surface area contributed by atoms with Crippen LogP contribution in [0.2, 0.25) is 0 Å². The number of rotatable bonds is 5. The van der Waals surface area contributed by atoms with Gasteiger partial charge < -0.3 is 5.32 Å². The van der Waals surface area contributed by atoms with Crippen molar-refractivity contribution in [3.8, 4) is 0 Å². The van der Waals surface area contributed by atoms with E-state index in [4.69, 9.17) is 0 Å². The smallest absolute Gasteiger partial charge is 0.259 e. The number of hydrogen-bond donors (Lipinski definition) is 2. The van der Waals surface area contributed by atoms with Crippen molar-refractivity contribution in [2.45, 2.75) is 0 Å². The predicted octanol–water partition coefficient (Wildman–Crippen LogP) is 2.17. The topological polar surface area (TPSA) is 70.6 Å². The highest BCUT2D eigenvalue weighted by Gasteiger charge is 2.10. The summed E-state index contributed by atoms with van der Waals surface area (Å²) in [7, 11) is 0. The molecule has 0 aliphatic rings. The van der Waals surface area contributed by atoms with E-state index in [9.17, 15) is 9.59 Å². The van der Waals surface area contributed by atoms with Crippen LogP contribution in [0.15, 0.2) is 59.7 Å². The van der Waals surface area contributed by atoms with Crippen LogP contribution in [-0.2, 0) is 4.79 Å². The Morgan fingerprint density at radius 1 is 1.05 bits per heavy atom. The number of nitrogens with one attached hydrogen (secondary N) is 2. The van der Waals surface area contributed by atoms with Gasteiger partial charge in [-0.3, -0.25) is 9.59 Å². The molecule has 0 aliphatic heterocycles. The molecule has 0 saturated heterocycles. The lowest BCUT2D eigenvalue weighted by Gasteiger charge is -2.05. The summed E-state index contributed by atoms with van der Waals surface area (Å²) in [5.41, 5.74) is 3.79. The third-order valence-corrected chi connectivity index (χ3v) is 3.67. The fourth-order valence-corrected chi connectivity index (χ4v) is 2.29. The summed E-state index contributed by atoms with van der Waals surface area (Å²) in [6, 6.07) is 16.6. The Labute approximate surface area is 141 Å². The first-order valence-corrected chi connectivity index (χ1v) is 7.64. The number of carbonyl (C=O) groups excluding carboxylic acids is 2. The molecule has 0 bridgehead atoms. The maximum atomic E-state index is 11.9. The Morgan fingerprint density at radius 3 is 2.45 bits per heavy atom. The van der Waals surface area contributed by atoms with Crippen LogP contribution in [-0.4, -0.2) is 24.6 Å². The van der Waals surface area contributed by atoms with Gasteiger partial charge in [-0.15, -0.1) is 0 Å². The SMILES string of the molecule is O=C(CNC(=O)c1ccccc1I)N/N=C/c1ccccc1. The highest BCUT2D eigenvalue weighted by Crippen LogP contribution is 2.10. The molecule has 0 heterocycles. The minimum atomic E-state index is -0.383. The van der Waals surface area contributed by atoms with Gasteiger partial charge in [0.25, 0.3) is 11.8 Å². The number of amides is 2. The number of benzene rings is 2. The normalized spacial score (nSPS) is 10.4. The number of halogens is 1. The molecule has 0 aliphatic carbocycles. The fourth-order valence-electron chi connectivity index (χ4n) is 1.66. The van der Waals surface area contributed by atoms with Crippen LogP contribution >= 0.6 is 22.6 Å². The van der Waals surface area contributed by atoms with Crippen molar-refractivity contribution in [3.63, 3.8) is 0 Å². The van der Waals surface area contributed by atoms with Gasteiger partial charge in [-0.2, -0.15) is 5.10 Å². The van der Waals surface area contributed by atoms with Gasteiger partial charge in [0.1, 0.15) is 0 Å².